The van der Waals surface area contributed by atoms with E-state index < -0.39 is 0 Å². The molecule has 0 aliphatic carbocycles. The van der Waals surface area contributed by atoms with Crippen molar-refractivity contribution in [1.29, 1.82) is 0 Å². The number of hydrogen-bond acceptors (Lipinski definition) is 0. The van der Waals surface area contributed by atoms with Crippen LogP contribution in [0.2, 0.25) is 9.46 Å². The van der Waals surface area contributed by atoms with Gasteiger partial charge in [-0.25, -0.2) is 0 Å². The van der Waals surface area contributed by atoms with E-state index in [0.717, 1.165) is 5.02 Å². The van der Waals surface area contributed by atoms with Gasteiger partial charge in [-0.3, -0.25) is 0 Å². The van der Waals surface area contributed by atoms with E-state index in [1.165, 1.54) is 20.9 Å². The van der Waals surface area contributed by atoms with Crippen molar-refractivity contribution in [3.63, 3.8) is 0 Å². The molecule has 0 fully saturated rings. The summed E-state index contributed by atoms with van der Waals surface area (Å²) in [5, 5.41) is 0.953. The average Bonchev–Trinajstić information content (AvgIpc) is 2.09. The van der Waals surface area contributed by atoms with E-state index >= 15 is 0 Å². The second-order valence-electron chi connectivity index (χ2n) is 2.77. The first-order chi connectivity index (χ1) is 5.84. The van der Waals surface area contributed by atoms with E-state index in [1.54, 1.807) is 0 Å². The fourth-order valence-corrected chi connectivity index (χ4v) is 4.73. The zero-order chi connectivity index (χ0) is 8.81. The Labute approximate surface area is 89.5 Å². The Morgan fingerprint density at radius 1 is 1.33 bits per heavy atom. The molecule has 0 aliphatic rings. The van der Waals surface area contributed by atoms with E-state index in [1.807, 2.05) is 12.1 Å². The summed E-state index contributed by atoms with van der Waals surface area (Å²) in [7, 11) is 0. The molecule has 0 unspecified atom stereocenters. The Balaban J connectivity index is 2.46. The Hall–Kier alpha value is 0.309. The molecule has 0 heterocycles. The van der Waals surface area contributed by atoms with Crippen molar-refractivity contribution in [2.24, 2.45) is 0 Å². The van der Waals surface area contributed by atoms with Crippen LogP contribution in [0.25, 0.3) is 0 Å². The van der Waals surface area contributed by atoms with Crippen LogP contribution < -0.4 is 0 Å². The summed E-state index contributed by atoms with van der Waals surface area (Å²) in [6, 6.07) is 8.21. The molecule has 1 aromatic rings. The Kier molecular flexibility index (Phi) is 5.08. The van der Waals surface area contributed by atoms with Crippen LogP contribution in [0.5, 0.6) is 0 Å². The number of halogens is 1. The van der Waals surface area contributed by atoms with Crippen molar-refractivity contribution in [3.05, 3.63) is 34.9 Å². The molecule has 0 bridgehead atoms. The van der Waals surface area contributed by atoms with Gasteiger partial charge in [0.25, 0.3) is 0 Å². The van der Waals surface area contributed by atoms with Crippen molar-refractivity contribution in [3.8, 4) is 0 Å². The molecule has 64 valence electrons. The number of rotatable bonds is 4. The van der Waals surface area contributed by atoms with Gasteiger partial charge in [0.1, 0.15) is 0 Å². The minimum atomic E-state index is -0.149. The van der Waals surface area contributed by atoms with Gasteiger partial charge in [-0.15, -0.1) is 0 Å². The average molecular weight is 287 g/mol. The molecule has 0 N–H and O–H groups in total. The number of benzene rings is 1. The van der Waals surface area contributed by atoms with Gasteiger partial charge in [0, 0.05) is 0 Å². The van der Waals surface area contributed by atoms with Crippen LogP contribution in [-0.4, -0.2) is 21.1 Å². The molecule has 1 aromatic carbocycles. The van der Waals surface area contributed by atoms with Crippen LogP contribution in [0.4, 0.5) is 0 Å². The van der Waals surface area contributed by atoms with E-state index in [-0.39, 0.29) is 21.1 Å². The van der Waals surface area contributed by atoms with Crippen molar-refractivity contribution in [2.75, 3.05) is 0 Å². The molecule has 2 heteroatoms. The molecule has 0 aromatic heterocycles. The molecule has 2 radical (unpaired) electrons. The van der Waals surface area contributed by atoms with Crippen LogP contribution >= 0.6 is 11.6 Å². The Morgan fingerprint density at radius 3 is 2.75 bits per heavy atom. The van der Waals surface area contributed by atoms with Gasteiger partial charge in [-0.2, -0.15) is 0 Å². The van der Waals surface area contributed by atoms with E-state index in [2.05, 4.69) is 19.1 Å². The molecule has 12 heavy (non-hydrogen) atoms. The van der Waals surface area contributed by atoms with Crippen LogP contribution in [0.3, 0.4) is 0 Å². The first kappa shape index (κ1) is 10.4. The molecule has 0 atom stereocenters. The van der Waals surface area contributed by atoms with E-state index in [0.29, 0.717) is 0 Å². The molecule has 0 spiro atoms. The summed E-state index contributed by atoms with van der Waals surface area (Å²) < 4.78 is 2.76. The van der Waals surface area contributed by atoms with E-state index in [4.69, 9.17) is 11.6 Å². The minimum absolute atomic E-state index is 0.149. The second-order valence-corrected chi connectivity index (χ2v) is 7.04. The van der Waals surface area contributed by atoms with Crippen LogP contribution in [0, 0.1) is 0 Å². The van der Waals surface area contributed by atoms with Gasteiger partial charge in [0.05, 0.1) is 0 Å². The van der Waals surface area contributed by atoms with Crippen molar-refractivity contribution in [1.82, 2.24) is 0 Å². The van der Waals surface area contributed by atoms with Gasteiger partial charge in [0.2, 0.25) is 0 Å². The third kappa shape index (κ3) is 3.36. The van der Waals surface area contributed by atoms with Gasteiger partial charge >= 0.3 is 89.8 Å². The summed E-state index contributed by atoms with van der Waals surface area (Å²) in [4.78, 5) is 0. The van der Waals surface area contributed by atoms with Gasteiger partial charge in [-0.1, -0.05) is 0 Å². The molecule has 0 aliphatic heterocycles. The summed E-state index contributed by atoms with van der Waals surface area (Å²) in [5.41, 5.74) is 1.36. The molecule has 0 saturated carbocycles. The predicted molar refractivity (Wildman–Crippen MR) is 56.0 cm³/mol. The van der Waals surface area contributed by atoms with E-state index in [9.17, 15) is 0 Å². The third-order valence-corrected chi connectivity index (χ3v) is 6.31. The summed E-state index contributed by atoms with van der Waals surface area (Å²) in [6.07, 6.45) is 1.34. The molecular weight excluding hydrogens is 274 g/mol. The second kappa shape index (κ2) is 5.87. The standard InChI is InChI=1S/C7H6Cl.C3H7.Sn/c1-6-4-2-3-5-7(6)8;1-3-2;/h2-5H,1H2;1,3H2,2H3;. The summed E-state index contributed by atoms with van der Waals surface area (Å²) in [6.45, 7) is 2.26. The molecule has 1 rings (SSSR count). The SMILES string of the molecule is CC[CH2][Sn][CH2]c1ccccc1Cl. The first-order valence-corrected chi connectivity index (χ1v) is 8.70. The monoisotopic (exact) mass is 288 g/mol. The fourth-order valence-electron chi connectivity index (χ4n) is 1.04. The normalized spacial score (nSPS) is 10.2. The van der Waals surface area contributed by atoms with Gasteiger partial charge < -0.3 is 0 Å². The summed E-state index contributed by atoms with van der Waals surface area (Å²) >= 11 is 5.88. The van der Waals surface area contributed by atoms with Crippen molar-refractivity contribution in [2.45, 2.75) is 22.2 Å². The first-order valence-electron chi connectivity index (χ1n) is 4.28. The van der Waals surface area contributed by atoms with Gasteiger partial charge in [-0.05, 0) is 0 Å². The van der Waals surface area contributed by atoms with Gasteiger partial charge in [0.15, 0.2) is 0 Å². The van der Waals surface area contributed by atoms with Crippen LogP contribution in [0.15, 0.2) is 24.3 Å². The molecule has 0 amide bonds. The summed E-state index contributed by atoms with van der Waals surface area (Å²) in [5.74, 6) is 0. The van der Waals surface area contributed by atoms with Crippen molar-refractivity contribution < 1.29 is 0 Å². The quantitative estimate of drug-likeness (QED) is 0.588. The number of hydrogen-bond donors (Lipinski definition) is 0. The Bertz CT molecular complexity index is 235. The third-order valence-electron chi connectivity index (χ3n) is 1.70. The molecule has 0 saturated heterocycles. The maximum absolute atomic E-state index is 6.03. The Morgan fingerprint density at radius 2 is 2.08 bits per heavy atom. The van der Waals surface area contributed by atoms with Crippen LogP contribution in [0.1, 0.15) is 18.9 Å². The zero-order valence-corrected chi connectivity index (χ0v) is 10.9. The van der Waals surface area contributed by atoms with Crippen molar-refractivity contribution >= 4 is 32.7 Å². The maximum atomic E-state index is 6.03. The zero-order valence-electron chi connectivity index (χ0n) is 7.31. The molecular formula is C10H13ClSn. The molecule has 0 nitrogen and oxygen atoms in total. The topological polar surface area (TPSA) is 0 Å². The predicted octanol–water partition coefficient (Wildman–Crippen LogP) is 3.37. The fraction of sp³-hybridized carbons (Fsp3) is 0.400. The van der Waals surface area contributed by atoms with Crippen LogP contribution in [-0.2, 0) is 4.44 Å².